The number of halogens is 1. The lowest BCUT2D eigenvalue weighted by Gasteiger charge is -2.22. The number of para-hydroxylation sites is 1. The van der Waals surface area contributed by atoms with Crippen LogP contribution in [-0.2, 0) is 6.42 Å². The Bertz CT molecular complexity index is 768. The normalized spacial score (nSPS) is 16.6. The van der Waals surface area contributed by atoms with Gasteiger partial charge < -0.3 is 20.1 Å². The molecule has 1 unspecified atom stereocenters. The van der Waals surface area contributed by atoms with Gasteiger partial charge in [-0.05, 0) is 37.0 Å². The average Bonchev–Trinajstić information content (AvgIpc) is 3.19. The van der Waals surface area contributed by atoms with Gasteiger partial charge in [0.25, 0.3) is 0 Å². The van der Waals surface area contributed by atoms with Crippen LogP contribution in [0.5, 0.6) is 11.5 Å². The van der Waals surface area contributed by atoms with Crippen LogP contribution < -0.4 is 10.1 Å². The third kappa shape index (κ3) is 5.53. The molecular formula is C22H30IN3O2. The molecule has 2 aromatic carbocycles. The first-order chi connectivity index (χ1) is 13.2. The number of hydrogen-bond donors (Lipinski definition) is 2. The smallest absolute Gasteiger partial charge is 0.193 e. The van der Waals surface area contributed by atoms with Crippen molar-refractivity contribution >= 4 is 29.9 Å². The van der Waals surface area contributed by atoms with Crippen LogP contribution in [0.1, 0.15) is 30.4 Å². The van der Waals surface area contributed by atoms with E-state index in [4.69, 9.17) is 9.73 Å². The summed E-state index contributed by atoms with van der Waals surface area (Å²) in [7, 11) is 1.57. The molecule has 0 spiro atoms. The zero-order valence-corrected chi connectivity index (χ0v) is 18.9. The summed E-state index contributed by atoms with van der Waals surface area (Å²) in [4.78, 5) is 7.13. The Hall–Kier alpha value is -1.96. The molecule has 6 heteroatoms. The number of methoxy groups -OCH3 is 1. The molecule has 0 aliphatic carbocycles. The Labute approximate surface area is 184 Å². The lowest BCUT2D eigenvalue weighted by Crippen LogP contribution is -2.40. The van der Waals surface area contributed by atoms with Crippen molar-refractivity contribution in [2.24, 2.45) is 4.99 Å². The first kappa shape index (κ1) is 22.3. The van der Waals surface area contributed by atoms with Gasteiger partial charge in [0.05, 0.1) is 7.11 Å². The van der Waals surface area contributed by atoms with Crippen LogP contribution in [0.3, 0.4) is 0 Å². The fraction of sp³-hybridized carbons (Fsp3) is 0.409. The summed E-state index contributed by atoms with van der Waals surface area (Å²) < 4.78 is 5.18. The summed E-state index contributed by atoms with van der Waals surface area (Å²) in [5.41, 5.74) is 2.26. The van der Waals surface area contributed by atoms with Crippen molar-refractivity contribution in [2.45, 2.75) is 25.7 Å². The van der Waals surface area contributed by atoms with Crippen molar-refractivity contribution in [1.29, 1.82) is 0 Å². The van der Waals surface area contributed by atoms with Gasteiger partial charge in [-0.2, -0.15) is 0 Å². The second-order valence-electron chi connectivity index (χ2n) is 6.80. The number of nitrogens with zero attached hydrogens (tertiary/aromatic N) is 2. The number of phenols is 1. The zero-order valence-electron chi connectivity index (χ0n) is 16.6. The monoisotopic (exact) mass is 495 g/mol. The van der Waals surface area contributed by atoms with Crippen LogP contribution in [0.15, 0.2) is 53.5 Å². The van der Waals surface area contributed by atoms with Crippen LogP contribution in [0.2, 0.25) is 0 Å². The topological polar surface area (TPSA) is 57.1 Å². The largest absolute Gasteiger partial charge is 0.504 e. The highest BCUT2D eigenvalue weighted by Crippen LogP contribution is 2.30. The summed E-state index contributed by atoms with van der Waals surface area (Å²) in [5.74, 6) is 2.23. The van der Waals surface area contributed by atoms with E-state index in [0.717, 1.165) is 37.6 Å². The number of likely N-dealkylation sites (tertiary alicyclic amines) is 1. The van der Waals surface area contributed by atoms with Gasteiger partial charge in [-0.25, -0.2) is 0 Å². The van der Waals surface area contributed by atoms with E-state index >= 15 is 0 Å². The summed E-state index contributed by atoms with van der Waals surface area (Å²) in [6, 6.07) is 16.3. The molecule has 0 radical (unpaired) electrons. The highest BCUT2D eigenvalue weighted by molar-refractivity contribution is 14.0. The second kappa shape index (κ2) is 11.1. The molecule has 1 fully saturated rings. The molecule has 1 heterocycles. The van der Waals surface area contributed by atoms with Gasteiger partial charge in [0.15, 0.2) is 17.5 Å². The number of aliphatic imine (C=N–C) groups is 1. The fourth-order valence-corrected chi connectivity index (χ4v) is 3.59. The van der Waals surface area contributed by atoms with E-state index in [1.165, 1.54) is 5.56 Å². The molecule has 5 nitrogen and oxygen atoms in total. The van der Waals surface area contributed by atoms with Crippen molar-refractivity contribution in [3.05, 3.63) is 59.7 Å². The van der Waals surface area contributed by atoms with Crippen LogP contribution in [0.25, 0.3) is 0 Å². The Morgan fingerprint density at radius 3 is 2.71 bits per heavy atom. The standard InChI is InChI=1S/C22H29N3O2.HI/c1-3-23-22(24-14-12-18-10-7-11-20(27-2)21(18)26)25-15-13-19(16-25)17-8-5-4-6-9-17;/h4-11,19,26H,3,12-16H2,1-2H3,(H,23,24);1H. The summed E-state index contributed by atoms with van der Waals surface area (Å²) in [6.45, 7) is 5.55. The first-order valence-corrected chi connectivity index (χ1v) is 9.66. The molecule has 152 valence electrons. The molecule has 0 aromatic heterocycles. The van der Waals surface area contributed by atoms with Crippen molar-refractivity contribution in [2.75, 3.05) is 33.3 Å². The number of benzene rings is 2. The van der Waals surface area contributed by atoms with Gasteiger partial charge in [-0.15, -0.1) is 24.0 Å². The first-order valence-electron chi connectivity index (χ1n) is 9.66. The third-order valence-corrected chi connectivity index (χ3v) is 5.04. The van der Waals surface area contributed by atoms with Gasteiger partial charge in [0, 0.05) is 32.1 Å². The molecule has 0 amide bonds. The molecular weight excluding hydrogens is 465 g/mol. The molecule has 28 heavy (non-hydrogen) atoms. The quantitative estimate of drug-likeness (QED) is 0.361. The van der Waals surface area contributed by atoms with Gasteiger partial charge in [-0.3, -0.25) is 4.99 Å². The van der Waals surface area contributed by atoms with E-state index < -0.39 is 0 Å². The van der Waals surface area contributed by atoms with Gasteiger partial charge in [-0.1, -0.05) is 42.5 Å². The van der Waals surface area contributed by atoms with Gasteiger partial charge in [0.1, 0.15) is 0 Å². The molecule has 2 N–H and O–H groups in total. The minimum absolute atomic E-state index is 0. The lowest BCUT2D eigenvalue weighted by molar-refractivity contribution is 0.370. The molecule has 0 saturated carbocycles. The summed E-state index contributed by atoms with van der Waals surface area (Å²) >= 11 is 0. The number of hydrogen-bond acceptors (Lipinski definition) is 3. The predicted octanol–water partition coefficient (Wildman–Crippen LogP) is 4.02. The number of guanidine groups is 1. The zero-order chi connectivity index (χ0) is 19.1. The molecule has 1 aliphatic rings. The Morgan fingerprint density at radius 1 is 1.21 bits per heavy atom. The molecule has 3 rings (SSSR count). The maximum absolute atomic E-state index is 10.2. The van der Waals surface area contributed by atoms with E-state index in [1.54, 1.807) is 13.2 Å². The SMILES string of the molecule is CCNC(=NCCc1cccc(OC)c1O)N1CCC(c2ccccc2)C1.I. The molecule has 0 bridgehead atoms. The Balaban J connectivity index is 0.00000280. The van der Waals surface area contributed by atoms with Crippen molar-refractivity contribution in [3.8, 4) is 11.5 Å². The van der Waals surface area contributed by atoms with Crippen LogP contribution in [0.4, 0.5) is 0 Å². The minimum atomic E-state index is 0. The van der Waals surface area contributed by atoms with E-state index in [1.807, 2.05) is 12.1 Å². The van der Waals surface area contributed by atoms with Crippen LogP contribution >= 0.6 is 24.0 Å². The molecule has 1 saturated heterocycles. The van der Waals surface area contributed by atoms with Gasteiger partial charge in [0.2, 0.25) is 0 Å². The number of nitrogens with one attached hydrogen (secondary N) is 1. The van der Waals surface area contributed by atoms with E-state index in [-0.39, 0.29) is 29.7 Å². The average molecular weight is 495 g/mol. The van der Waals surface area contributed by atoms with E-state index in [0.29, 0.717) is 24.6 Å². The highest BCUT2D eigenvalue weighted by atomic mass is 127. The second-order valence-corrected chi connectivity index (χ2v) is 6.80. The summed E-state index contributed by atoms with van der Waals surface area (Å²) in [6.07, 6.45) is 1.82. The maximum atomic E-state index is 10.2. The molecule has 1 atom stereocenters. The predicted molar refractivity (Wildman–Crippen MR) is 125 cm³/mol. The Morgan fingerprint density at radius 2 is 2.00 bits per heavy atom. The lowest BCUT2D eigenvalue weighted by atomic mass is 9.99. The van der Waals surface area contributed by atoms with Crippen molar-refractivity contribution in [1.82, 2.24) is 10.2 Å². The number of rotatable bonds is 6. The van der Waals surface area contributed by atoms with E-state index in [9.17, 15) is 5.11 Å². The van der Waals surface area contributed by atoms with E-state index in [2.05, 4.69) is 47.5 Å². The third-order valence-electron chi connectivity index (χ3n) is 5.04. The van der Waals surface area contributed by atoms with Crippen LogP contribution in [0, 0.1) is 0 Å². The van der Waals surface area contributed by atoms with Crippen molar-refractivity contribution in [3.63, 3.8) is 0 Å². The van der Waals surface area contributed by atoms with Gasteiger partial charge >= 0.3 is 0 Å². The number of phenolic OH excluding ortho intramolecular Hbond substituents is 1. The number of ether oxygens (including phenoxy) is 1. The highest BCUT2D eigenvalue weighted by Gasteiger charge is 2.25. The van der Waals surface area contributed by atoms with Crippen LogP contribution in [-0.4, -0.2) is 49.3 Å². The van der Waals surface area contributed by atoms with Crippen molar-refractivity contribution < 1.29 is 9.84 Å². The minimum Gasteiger partial charge on any atom is -0.504 e. The number of aromatic hydroxyl groups is 1. The fourth-order valence-electron chi connectivity index (χ4n) is 3.59. The maximum Gasteiger partial charge on any atom is 0.193 e. The molecule has 2 aromatic rings. The Kier molecular flexibility index (Phi) is 8.89. The molecule has 1 aliphatic heterocycles. The summed E-state index contributed by atoms with van der Waals surface area (Å²) in [5, 5.41) is 13.6.